The zero-order chi connectivity index (χ0) is 24.3. The summed E-state index contributed by atoms with van der Waals surface area (Å²) in [4.78, 5) is 24.6. The highest BCUT2D eigenvalue weighted by Gasteiger charge is 2.13. The number of amides is 2. The molecule has 34 heavy (non-hydrogen) atoms. The number of ether oxygens (including phenoxy) is 2. The molecule has 0 aliphatic rings. The molecule has 2 amide bonds. The van der Waals surface area contributed by atoms with Crippen LogP contribution in [0.3, 0.4) is 0 Å². The molecule has 0 fully saturated rings. The van der Waals surface area contributed by atoms with Gasteiger partial charge in [0.05, 0.1) is 26.4 Å². The Bertz CT molecular complexity index is 1100. The Labute approximate surface area is 207 Å². The molecule has 180 valence electrons. The molecule has 2 aromatic carbocycles. The van der Waals surface area contributed by atoms with Crippen molar-refractivity contribution in [3.05, 3.63) is 53.6 Å². The number of methoxy groups -OCH3 is 2. The SMILES string of the molecule is CCCCc1ccc(NC(=O)CSc2nnc(NC(=O)Cc3ccc(OC)c(OC)c3)s2)cc1. The third-order valence-corrected chi connectivity index (χ3v) is 6.82. The summed E-state index contributed by atoms with van der Waals surface area (Å²) < 4.78 is 11.1. The van der Waals surface area contributed by atoms with Crippen molar-refractivity contribution in [2.45, 2.75) is 36.9 Å². The van der Waals surface area contributed by atoms with Crippen molar-refractivity contribution in [1.82, 2.24) is 10.2 Å². The second-order valence-electron chi connectivity index (χ2n) is 7.42. The molecular weight excluding hydrogens is 472 g/mol. The Kier molecular flexibility index (Phi) is 9.72. The average molecular weight is 501 g/mol. The molecule has 3 aromatic rings. The highest BCUT2D eigenvalue weighted by Crippen LogP contribution is 2.28. The van der Waals surface area contributed by atoms with Gasteiger partial charge in [0.25, 0.3) is 0 Å². The Morgan fingerprint density at radius 1 is 0.941 bits per heavy atom. The maximum Gasteiger partial charge on any atom is 0.234 e. The lowest BCUT2D eigenvalue weighted by atomic mass is 10.1. The van der Waals surface area contributed by atoms with Gasteiger partial charge >= 0.3 is 0 Å². The quantitative estimate of drug-likeness (QED) is 0.272. The lowest BCUT2D eigenvalue weighted by molar-refractivity contribution is -0.115. The monoisotopic (exact) mass is 500 g/mol. The zero-order valence-corrected chi connectivity index (χ0v) is 21.1. The highest BCUT2D eigenvalue weighted by molar-refractivity contribution is 8.01. The van der Waals surface area contributed by atoms with E-state index in [-0.39, 0.29) is 24.0 Å². The minimum Gasteiger partial charge on any atom is -0.493 e. The van der Waals surface area contributed by atoms with Crippen LogP contribution in [-0.2, 0) is 22.4 Å². The van der Waals surface area contributed by atoms with Gasteiger partial charge in [-0.05, 0) is 48.2 Å². The Morgan fingerprint density at radius 2 is 1.68 bits per heavy atom. The second-order valence-corrected chi connectivity index (χ2v) is 9.62. The molecule has 1 heterocycles. The molecule has 8 nitrogen and oxygen atoms in total. The number of carbonyl (C=O) groups excluding carboxylic acids is 2. The predicted octanol–water partition coefficient (Wildman–Crippen LogP) is 4.81. The third-order valence-electron chi connectivity index (χ3n) is 4.85. The minimum atomic E-state index is -0.222. The van der Waals surface area contributed by atoms with E-state index in [9.17, 15) is 9.59 Å². The van der Waals surface area contributed by atoms with Gasteiger partial charge in [0.1, 0.15) is 0 Å². The number of carbonyl (C=O) groups is 2. The molecule has 0 saturated carbocycles. The van der Waals surface area contributed by atoms with Crippen molar-refractivity contribution in [2.75, 3.05) is 30.6 Å². The number of aryl methyl sites for hydroxylation is 1. The number of aromatic nitrogens is 2. The highest BCUT2D eigenvalue weighted by atomic mass is 32.2. The predicted molar refractivity (Wildman–Crippen MR) is 136 cm³/mol. The van der Waals surface area contributed by atoms with Gasteiger partial charge in [0, 0.05) is 5.69 Å². The molecule has 0 atom stereocenters. The average Bonchev–Trinajstić information content (AvgIpc) is 3.29. The van der Waals surface area contributed by atoms with Gasteiger partial charge in [-0.1, -0.05) is 54.6 Å². The molecule has 0 aliphatic heterocycles. The number of nitrogens with zero attached hydrogens (tertiary/aromatic N) is 2. The third kappa shape index (κ3) is 7.74. The van der Waals surface area contributed by atoms with Gasteiger partial charge < -0.3 is 20.1 Å². The summed E-state index contributed by atoms with van der Waals surface area (Å²) in [5.74, 6) is 1.02. The van der Waals surface area contributed by atoms with E-state index in [1.54, 1.807) is 32.4 Å². The van der Waals surface area contributed by atoms with Gasteiger partial charge in [0.2, 0.25) is 16.9 Å². The number of rotatable bonds is 12. The van der Waals surface area contributed by atoms with Crippen LogP contribution in [0.5, 0.6) is 11.5 Å². The Balaban J connectivity index is 1.45. The number of unbranched alkanes of at least 4 members (excludes halogenated alkanes) is 1. The van der Waals surface area contributed by atoms with Crippen LogP contribution in [0.2, 0.25) is 0 Å². The van der Waals surface area contributed by atoms with Crippen LogP contribution in [-0.4, -0.2) is 42.0 Å². The molecule has 10 heteroatoms. The number of benzene rings is 2. The number of hydrogen-bond donors (Lipinski definition) is 2. The molecule has 0 bridgehead atoms. The maximum atomic E-state index is 12.4. The van der Waals surface area contributed by atoms with E-state index in [0.29, 0.717) is 21.0 Å². The fraction of sp³-hybridized carbons (Fsp3) is 0.333. The standard InChI is InChI=1S/C24H28N4O4S2/c1-4-5-6-16-7-10-18(11-8-16)25-22(30)15-33-24-28-27-23(34-24)26-21(29)14-17-9-12-19(31-2)20(13-17)32-3/h7-13H,4-6,14-15H2,1-3H3,(H,25,30)(H,26,27,29). The van der Waals surface area contributed by atoms with E-state index in [0.717, 1.165) is 30.5 Å². The smallest absolute Gasteiger partial charge is 0.234 e. The lowest BCUT2D eigenvalue weighted by Crippen LogP contribution is -2.14. The molecule has 3 rings (SSSR count). The van der Waals surface area contributed by atoms with Crippen LogP contribution in [0.4, 0.5) is 10.8 Å². The van der Waals surface area contributed by atoms with Crippen molar-refractivity contribution in [2.24, 2.45) is 0 Å². The largest absolute Gasteiger partial charge is 0.493 e. The molecule has 0 radical (unpaired) electrons. The van der Waals surface area contributed by atoms with Crippen LogP contribution in [0.1, 0.15) is 30.9 Å². The van der Waals surface area contributed by atoms with Crippen molar-refractivity contribution >= 4 is 45.7 Å². The summed E-state index contributed by atoms with van der Waals surface area (Å²) in [6.45, 7) is 2.17. The fourth-order valence-corrected chi connectivity index (χ4v) is 4.69. The van der Waals surface area contributed by atoms with E-state index in [2.05, 4.69) is 27.8 Å². The summed E-state index contributed by atoms with van der Waals surface area (Å²) in [7, 11) is 3.11. The van der Waals surface area contributed by atoms with Gasteiger partial charge in [0.15, 0.2) is 15.8 Å². The van der Waals surface area contributed by atoms with Crippen molar-refractivity contribution < 1.29 is 19.1 Å². The molecule has 0 spiro atoms. The first-order chi connectivity index (χ1) is 16.5. The first-order valence-corrected chi connectivity index (χ1v) is 12.7. The molecular formula is C24H28N4O4S2. The summed E-state index contributed by atoms with van der Waals surface area (Å²) in [5.41, 5.74) is 2.82. The van der Waals surface area contributed by atoms with E-state index in [4.69, 9.17) is 9.47 Å². The summed E-state index contributed by atoms with van der Waals surface area (Å²) >= 11 is 2.50. The molecule has 0 saturated heterocycles. The molecule has 1 aromatic heterocycles. The molecule has 0 unspecified atom stereocenters. The number of hydrogen-bond acceptors (Lipinski definition) is 8. The van der Waals surface area contributed by atoms with Crippen molar-refractivity contribution in [1.29, 1.82) is 0 Å². The summed E-state index contributed by atoms with van der Waals surface area (Å²) in [6.07, 6.45) is 3.51. The van der Waals surface area contributed by atoms with Crippen LogP contribution in [0, 0.1) is 0 Å². The molecule has 0 aliphatic carbocycles. The zero-order valence-electron chi connectivity index (χ0n) is 19.4. The Hall–Kier alpha value is -3.11. The fourth-order valence-electron chi connectivity index (χ4n) is 3.12. The van der Waals surface area contributed by atoms with Gasteiger partial charge in [-0.15, -0.1) is 10.2 Å². The number of anilines is 2. The van der Waals surface area contributed by atoms with Gasteiger partial charge in [-0.3, -0.25) is 9.59 Å². The summed E-state index contributed by atoms with van der Waals surface area (Å²) in [5, 5.41) is 14.1. The first kappa shape index (κ1) is 25.5. The summed E-state index contributed by atoms with van der Waals surface area (Å²) in [6, 6.07) is 13.2. The van der Waals surface area contributed by atoms with E-state index in [1.165, 1.54) is 28.7 Å². The van der Waals surface area contributed by atoms with Crippen LogP contribution >= 0.6 is 23.1 Å². The normalized spacial score (nSPS) is 10.6. The van der Waals surface area contributed by atoms with Gasteiger partial charge in [-0.2, -0.15) is 0 Å². The maximum absolute atomic E-state index is 12.4. The number of nitrogens with one attached hydrogen (secondary N) is 2. The van der Waals surface area contributed by atoms with Crippen LogP contribution in [0.15, 0.2) is 46.8 Å². The first-order valence-electron chi connectivity index (χ1n) is 10.9. The minimum absolute atomic E-state index is 0.124. The van der Waals surface area contributed by atoms with E-state index >= 15 is 0 Å². The Morgan fingerprint density at radius 3 is 2.38 bits per heavy atom. The van der Waals surface area contributed by atoms with E-state index < -0.39 is 0 Å². The van der Waals surface area contributed by atoms with E-state index in [1.807, 2.05) is 24.3 Å². The van der Waals surface area contributed by atoms with Crippen molar-refractivity contribution in [3.8, 4) is 11.5 Å². The second kappa shape index (κ2) is 13.0. The number of thioether (sulfide) groups is 1. The van der Waals surface area contributed by atoms with Crippen LogP contribution in [0.25, 0.3) is 0 Å². The van der Waals surface area contributed by atoms with Crippen molar-refractivity contribution in [3.63, 3.8) is 0 Å². The molecule has 2 N–H and O–H groups in total. The lowest BCUT2D eigenvalue weighted by Gasteiger charge is -2.09. The van der Waals surface area contributed by atoms with Crippen LogP contribution < -0.4 is 20.1 Å². The topological polar surface area (TPSA) is 102 Å². The van der Waals surface area contributed by atoms with Gasteiger partial charge in [-0.25, -0.2) is 0 Å².